The van der Waals surface area contributed by atoms with Gasteiger partial charge in [0.05, 0.1) is 21.3 Å². The molecule has 136 valence electrons. The second-order valence-electron chi connectivity index (χ2n) is 5.86. The number of carbonyl (C=O) groups is 1. The van der Waals surface area contributed by atoms with E-state index in [-0.39, 0.29) is 23.2 Å². The van der Waals surface area contributed by atoms with E-state index in [2.05, 4.69) is 20.6 Å². The van der Waals surface area contributed by atoms with Crippen LogP contribution in [0.3, 0.4) is 0 Å². The summed E-state index contributed by atoms with van der Waals surface area (Å²) in [7, 11) is 0. The summed E-state index contributed by atoms with van der Waals surface area (Å²) in [5, 5.41) is 6.01. The fourth-order valence-electron chi connectivity index (χ4n) is 2.50. The van der Waals surface area contributed by atoms with Crippen LogP contribution in [0.2, 0.25) is 0 Å². The molecule has 1 atom stereocenters. The van der Waals surface area contributed by atoms with Gasteiger partial charge in [0.2, 0.25) is 0 Å². The van der Waals surface area contributed by atoms with Gasteiger partial charge in [-0.05, 0) is 44.2 Å². The molecule has 3 rings (SSSR count). The van der Waals surface area contributed by atoms with E-state index in [1.807, 2.05) is 25.1 Å². The van der Waals surface area contributed by atoms with Gasteiger partial charge >= 0.3 is 0 Å². The van der Waals surface area contributed by atoms with Crippen molar-refractivity contribution in [2.45, 2.75) is 19.4 Å². The van der Waals surface area contributed by atoms with Crippen LogP contribution in [0, 0.1) is 5.82 Å². The number of halogens is 1. The van der Waals surface area contributed by atoms with Gasteiger partial charge in [-0.1, -0.05) is 0 Å². The first-order valence-electron chi connectivity index (χ1n) is 8.05. The third kappa shape index (κ3) is 3.89. The van der Waals surface area contributed by atoms with Crippen molar-refractivity contribution >= 4 is 44.8 Å². The Morgan fingerprint density at radius 3 is 2.88 bits per heavy atom. The highest BCUT2D eigenvalue weighted by atomic mass is 32.1. The zero-order chi connectivity index (χ0) is 18.7. The van der Waals surface area contributed by atoms with Crippen molar-refractivity contribution in [3.8, 4) is 0 Å². The van der Waals surface area contributed by atoms with Gasteiger partial charge in [-0.15, -0.1) is 11.3 Å². The van der Waals surface area contributed by atoms with Crippen LogP contribution in [-0.4, -0.2) is 28.5 Å². The number of nitrogens with two attached hydrogens (primary N) is 2. The standard InChI is InChI=1S/C17H19FN6OS/c1-9(4-5-19)22-17-12(18)7-11(15(20)25)16(24-17)23-10-2-3-13-14(6-10)26-8-21-13/h2-3,6-9H,4-5,19H2,1H3,(H2,20,25)(H2,22,23,24)/t9-/m1/s1. The summed E-state index contributed by atoms with van der Waals surface area (Å²) in [4.78, 5) is 20.1. The number of thiazole rings is 1. The highest BCUT2D eigenvalue weighted by molar-refractivity contribution is 7.16. The van der Waals surface area contributed by atoms with Crippen LogP contribution in [0.25, 0.3) is 10.2 Å². The maximum Gasteiger partial charge on any atom is 0.252 e. The lowest BCUT2D eigenvalue weighted by Gasteiger charge is -2.17. The molecule has 3 aromatic rings. The predicted molar refractivity (Wildman–Crippen MR) is 102 cm³/mol. The maximum atomic E-state index is 14.3. The van der Waals surface area contributed by atoms with Crippen molar-refractivity contribution < 1.29 is 9.18 Å². The summed E-state index contributed by atoms with van der Waals surface area (Å²) in [6.45, 7) is 2.34. The average Bonchev–Trinajstić information content (AvgIpc) is 3.05. The average molecular weight is 374 g/mol. The van der Waals surface area contributed by atoms with Crippen LogP contribution >= 0.6 is 11.3 Å². The molecule has 9 heteroatoms. The SMILES string of the molecule is C[C@H](CCN)Nc1nc(Nc2ccc3ncsc3c2)c(C(N)=O)cc1F. The number of amides is 1. The lowest BCUT2D eigenvalue weighted by Crippen LogP contribution is -2.22. The molecule has 0 unspecified atom stereocenters. The van der Waals surface area contributed by atoms with Crippen molar-refractivity contribution in [2.75, 3.05) is 17.2 Å². The molecule has 6 N–H and O–H groups in total. The number of hydrogen-bond acceptors (Lipinski definition) is 7. The molecule has 7 nitrogen and oxygen atoms in total. The summed E-state index contributed by atoms with van der Waals surface area (Å²) in [5.41, 5.74) is 14.2. The first-order valence-corrected chi connectivity index (χ1v) is 8.93. The largest absolute Gasteiger partial charge is 0.365 e. The zero-order valence-corrected chi connectivity index (χ0v) is 14.9. The molecule has 0 aliphatic carbocycles. The van der Waals surface area contributed by atoms with Crippen LogP contribution in [0.4, 0.5) is 21.7 Å². The molecule has 0 fully saturated rings. The second-order valence-corrected chi connectivity index (χ2v) is 6.75. The van der Waals surface area contributed by atoms with Gasteiger partial charge < -0.3 is 22.1 Å². The molecule has 0 spiro atoms. The number of aromatic nitrogens is 2. The third-order valence-corrected chi connectivity index (χ3v) is 4.61. The van der Waals surface area contributed by atoms with Gasteiger partial charge in [-0.25, -0.2) is 14.4 Å². The van der Waals surface area contributed by atoms with Crippen LogP contribution in [0.5, 0.6) is 0 Å². The second kappa shape index (κ2) is 7.63. The molecule has 2 aromatic heterocycles. The van der Waals surface area contributed by atoms with Gasteiger partial charge in [0.25, 0.3) is 5.91 Å². The molecule has 0 aliphatic rings. The number of fused-ring (bicyclic) bond motifs is 1. The molecule has 0 saturated heterocycles. The minimum atomic E-state index is -0.765. The summed E-state index contributed by atoms with van der Waals surface area (Å²) in [6, 6.07) is 6.56. The number of carbonyl (C=O) groups excluding carboxylic acids is 1. The van der Waals surface area contributed by atoms with Crippen molar-refractivity contribution in [1.29, 1.82) is 0 Å². The van der Waals surface area contributed by atoms with Crippen molar-refractivity contribution in [3.05, 3.63) is 41.2 Å². The van der Waals surface area contributed by atoms with Crippen molar-refractivity contribution in [1.82, 2.24) is 9.97 Å². The zero-order valence-electron chi connectivity index (χ0n) is 14.1. The van der Waals surface area contributed by atoms with E-state index in [0.717, 1.165) is 16.3 Å². The van der Waals surface area contributed by atoms with Crippen LogP contribution < -0.4 is 22.1 Å². The lowest BCUT2D eigenvalue weighted by molar-refractivity contribution is 0.100. The Morgan fingerprint density at radius 2 is 2.15 bits per heavy atom. The van der Waals surface area contributed by atoms with Gasteiger partial charge in [0.1, 0.15) is 5.82 Å². The normalized spacial score (nSPS) is 12.1. The molecule has 2 heterocycles. The molecular formula is C17H19FN6OS. The summed E-state index contributed by atoms with van der Waals surface area (Å²) >= 11 is 1.49. The maximum absolute atomic E-state index is 14.3. The number of pyridine rings is 1. The number of anilines is 3. The molecule has 1 aromatic carbocycles. The van der Waals surface area contributed by atoms with E-state index >= 15 is 0 Å². The molecule has 26 heavy (non-hydrogen) atoms. The molecule has 0 bridgehead atoms. The van der Waals surface area contributed by atoms with Gasteiger partial charge in [0, 0.05) is 11.7 Å². The Labute approximate surface area is 153 Å². The van der Waals surface area contributed by atoms with Crippen LogP contribution in [-0.2, 0) is 0 Å². The minimum Gasteiger partial charge on any atom is -0.365 e. The van der Waals surface area contributed by atoms with E-state index < -0.39 is 11.7 Å². The Balaban J connectivity index is 1.95. The quantitative estimate of drug-likeness (QED) is 0.505. The molecule has 0 aliphatic heterocycles. The Hall–Kier alpha value is -2.78. The molecule has 1 amide bonds. The predicted octanol–water partition coefficient (Wildman–Crippen LogP) is 2.82. The fourth-order valence-corrected chi connectivity index (χ4v) is 3.21. The van der Waals surface area contributed by atoms with E-state index in [1.54, 1.807) is 5.51 Å². The van der Waals surface area contributed by atoms with Crippen LogP contribution in [0.15, 0.2) is 29.8 Å². The molecule has 0 radical (unpaired) electrons. The van der Waals surface area contributed by atoms with Crippen LogP contribution in [0.1, 0.15) is 23.7 Å². The third-order valence-electron chi connectivity index (χ3n) is 3.82. The first-order chi connectivity index (χ1) is 12.5. The topological polar surface area (TPSA) is 119 Å². The smallest absolute Gasteiger partial charge is 0.252 e. The van der Waals surface area contributed by atoms with Crippen molar-refractivity contribution in [2.24, 2.45) is 11.5 Å². The Kier molecular flexibility index (Phi) is 5.29. The summed E-state index contributed by atoms with van der Waals surface area (Å²) in [6.07, 6.45) is 0.656. The van der Waals surface area contributed by atoms with Crippen molar-refractivity contribution in [3.63, 3.8) is 0 Å². The number of hydrogen-bond donors (Lipinski definition) is 4. The van der Waals surface area contributed by atoms with E-state index in [0.29, 0.717) is 18.7 Å². The Morgan fingerprint density at radius 1 is 1.35 bits per heavy atom. The van der Waals surface area contributed by atoms with Gasteiger partial charge in [0.15, 0.2) is 11.6 Å². The monoisotopic (exact) mass is 374 g/mol. The minimum absolute atomic E-state index is 0.0241. The number of primary amides is 1. The highest BCUT2D eigenvalue weighted by Gasteiger charge is 2.17. The molecular weight excluding hydrogens is 355 g/mol. The number of nitrogens with zero attached hydrogens (tertiary/aromatic N) is 2. The fraction of sp³-hybridized carbons (Fsp3) is 0.235. The molecule has 0 saturated carbocycles. The number of nitrogens with one attached hydrogen (secondary N) is 2. The highest BCUT2D eigenvalue weighted by Crippen LogP contribution is 2.27. The lowest BCUT2D eigenvalue weighted by atomic mass is 10.2. The van der Waals surface area contributed by atoms with Gasteiger partial charge in [-0.2, -0.15) is 0 Å². The summed E-state index contributed by atoms with van der Waals surface area (Å²) < 4.78 is 15.3. The Bertz CT molecular complexity index is 944. The van der Waals surface area contributed by atoms with E-state index in [4.69, 9.17) is 11.5 Å². The van der Waals surface area contributed by atoms with Gasteiger partial charge in [-0.3, -0.25) is 4.79 Å². The number of rotatable bonds is 7. The van der Waals surface area contributed by atoms with E-state index in [9.17, 15) is 9.18 Å². The summed E-state index contributed by atoms with van der Waals surface area (Å²) in [5.74, 6) is -1.19. The van der Waals surface area contributed by atoms with E-state index in [1.165, 1.54) is 11.3 Å². The number of benzene rings is 1. The first kappa shape index (κ1) is 18.0.